The molecule has 100 valence electrons. The van der Waals surface area contributed by atoms with Crippen LogP contribution in [0, 0.1) is 12.7 Å². The molecule has 2 heterocycles. The van der Waals surface area contributed by atoms with Gasteiger partial charge < -0.3 is 4.74 Å². The second-order valence-electron chi connectivity index (χ2n) is 4.32. The Balaban J connectivity index is 2.08. The Hall–Kier alpha value is -2.20. The maximum absolute atomic E-state index is 13.7. The highest BCUT2D eigenvalue weighted by Crippen LogP contribution is 2.29. The summed E-state index contributed by atoms with van der Waals surface area (Å²) in [5.74, 6) is -0.271. The lowest BCUT2D eigenvalue weighted by atomic mass is 10.2. The summed E-state index contributed by atoms with van der Waals surface area (Å²) >= 11 is 5.67. The van der Waals surface area contributed by atoms with Crippen molar-refractivity contribution >= 4 is 22.5 Å². The van der Waals surface area contributed by atoms with Gasteiger partial charge in [0.25, 0.3) is 5.88 Å². The second kappa shape index (κ2) is 5.06. The number of rotatable bonds is 2. The lowest BCUT2D eigenvalue weighted by molar-refractivity contribution is 0.426. The van der Waals surface area contributed by atoms with Crippen LogP contribution in [0.5, 0.6) is 11.6 Å². The minimum absolute atomic E-state index is 0.120. The average molecular weight is 289 g/mol. The number of aromatic nitrogens is 2. The predicted molar refractivity (Wildman–Crippen MR) is 75.8 cm³/mol. The first kappa shape index (κ1) is 12.8. The number of nitrogens with zero attached hydrogens (tertiary/aromatic N) is 2. The molecule has 0 radical (unpaired) electrons. The van der Waals surface area contributed by atoms with Gasteiger partial charge in [-0.15, -0.1) is 0 Å². The molecule has 0 bridgehead atoms. The van der Waals surface area contributed by atoms with E-state index in [9.17, 15) is 4.39 Å². The van der Waals surface area contributed by atoms with Crippen LogP contribution >= 0.6 is 11.6 Å². The molecule has 3 rings (SSSR count). The summed E-state index contributed by atoms with van der Waals surface area (Å²) in [4.78, 5) is 8.26. The first-order valence-electron chi connectivity index (χ1n) is 5.99. The number of fused-ring (bicyclic) bond motifs is 1. The molecule has 3 aromatic rings. The van der Waals surface area contributed by atoms with Gasteiger partial charge >= 0.3 is 0 Å². The molecule has 0 atom stereocenters. The van der Waals surface area contributed by atoms with Crippen LogP contribution < -0.4 is 4.74 Å². The van der Waals surface area contributed by atoms with Crippen LogP contribution in [0.15, 0.2) is 42.6 Å². The normalized spacial score (nSPS) is 10.8. The van der Waals surface area contributed by atoms with Crippen LogP contribution in [-0.2, 0) is 0 Å². The summed E-state index contributed by atoms with van der Waals surface area (Å²) in [6, 6.07) is 10.5. The van der Waals surface area contributed by atoms with Crippen LogP contribution in [0.1, 0.15) is 5.69 Å². The van der Waals surface area contributed by atoms with Crippen molar-refractivity contribution in [3.8, 4) is 11.6 Å². The minimum Gasteiger partial charge on any atom is -0.434 e. The molecule has 0 aliphatic heterocycles. The van der Waals surface area contributed by atoms with E-state index >= 15 is 0 Å². The Morgan fingerprint density at radius 1 is 1.20 bits per heavy atom. The molecule has 20 heavy (non-hydrogen) atoms. The van der Waals surface area contributed by atoms with Gasteiger partial charge in [-0.2, -0.15) is 0 Å². The van der Waals surface area contributed by atoms with E-state index in [1.54, 1.807) is 6.07 Å². The molecule has 0 amide bonds. The number of para-hydroxylation sites is 1. The highest BCUT2D eigenvalue weighted by Gasteiger charge is 2.10. The number of ether oxygens (including phenoxy) is 1. The number of hydrogen-bond donors (Lipinski definition) is 0. The van der Waals surface area contributed by atoms with Crippen molar-refractivity contribution in [1.82, 2.24) is 9.97 Å². The fraction of sp³-hybridized carbons (Fsp3) is 0.0667. The smallest absolute Gasteiger partial charge is 0.256 e. The van der Waals surface area contributed by atoms with Crippen LogP contribution in [0.25, 0.3) is 10.9 Å². The van der Waals surface area contributed by atoms with Crippen molar-refractivity contribution in [2.24, 2.45) is 0 Å². The number of aryl methyl sites for hydroxylation is 1. The lowest BCUT2D eigenvalue weighted by Crippen LogP contribution is -1.94. The van der Waals surface area contributed by atoms with E-state index in [-0.39, 0.29) is 10.9 Å². The Bertz CT molecular complexity index is 792. The Morgan fingerprint density at radius 3 is 2.85 bits per heavy atom. The lowest BCUT2D eigenvalue weighted by Gasteiger charge is -2.08. The summed E-state index contributed by atoms with van der Waals surface area (Å²) in [6.45, 7) is 1.89. The highest BCUT2D eigenvalue weighted by molar-refractivity contribution is 6.30. The zero-order chi connectivity index (χ0) is 14.1. The Morgan fingerprint density at radius 2 is 2.05 bits per heavy atom. The van der Waals surface area contributed by atoms with Crippen molar-refractivity contribution in [1.29, 1.82) is 0 Å². The fourth-order valence-electron chi connectivity index (χ4n) is 1.88. The van der Waals surface area contributed by atoms with E-state index in [4.69, 9.17) is 16.3 Å². The predicted octanol–water partition coefficient (Wildman–Crippen LogP) is 4.52. The van der Waals surface area contributed by atoms with Crippen LogP contribution in [0.4, 0.5) is 4.39 Å². The third-order valence-corrected chi connectivity index (χ3v) is 3.01. The molecule has 0 N–H and O–H groups in total. The summed E-state index contributed by atoms with van der Waals surface area (Å²) in [5.41, 5.74) is 1.53. The zero-order valence-electron chi connectivity index (χ0n) is 10.6. The fourth-order valence-corrected chi connectivity index (χ4v) is 2.03. The maximum atomic E-state index is 13.7. The largest absolute Gasteiger partial charge is 0.434 e. The van der Waals surface area contributed by atoms with Crippen LogP contribution in [0.3, 0.4) is 0 Å². The Labute approximate surface area is 120 Å². The van der Waals surface area contributed by atoms with Gasteiger partial charge in [-0.05, 0) is 25.1 Å². The molecule has 3 nitrogen and oxygen atoms in total. The molecule has 0 saturated carbocycles. The van der Waals surface area contributed by atoms with Crippen molar-refractivity contribution < 1.29 is 9.13 Å². The van der Waals surface area contributed by atoms with Crippen molar-refractivity contribution in [3.05, 3.63) is 59.1 Å². The Kier molecular flexibility index (Phi) is 3.24. The van der Waals surface area contributed by atoms with E-state index < -0.39 is 5.82 Å². The maximum Gasteiger partial charge on any atom is 0.256 e. The zero-order valence-corrected chi connectivity index (χ0v) is 11.4. The molecule has 0 unspecified atom stereocenters. The molecule has 0 saturated heterocycles. The summed E-state index contributed by atoms with van der Waals surface area (Å²) in [6.07, 6.45) is 1.34. The van der Waals surface area contributed by atoms with Gasteiger partial charge in [-0.25, -0.2) is 14.4 Å². The van der Waals surface area contributed by atoms with Gasteiger partial charge in [0, 0.05) is 17.3 Å². The van der Waals surface area contributed by atoms with E-state index in [2.05, 4.69) is 9.97 Å². The van der Waals surface area contributed by atoms with Gasteiger partial charge in [0.05, 0.1) is 5.02 Å². The summed E-state index contributed by atoms with van der Waals surface area (Å²) < 4.78 is 19.2. The summed E-state index contributed by atoms with van der Waals surface area (Å²) in [5, 5.41) is 1.14. The topological polar surface area (TPSA) is 35.0 Å². The van der Waals surface area contributed by atoms with Gasteiger partial charge in [-0.1, -0.05) is 29.8 Å². The summed E-state index contributed by atoms with van der Waals surface area (Å²) in [7, 11) is 0. The number of halogens is 2. The molecule has 2 aromatic heterocycles. The molecular weight excluding hydrogens is 279 g/mol. The number of benzene rings is 1. The number of hydrogen-bond acceptors (Lipinski definition) is 3. The molecule has 5 heteroatoms. The quantitative estimate of drug-likeness (QED) is 0.695. The van der Waals surface area contributed by atoms with Crippen LogP contribution in [-0.4, -0.2) is 9.97 Å². The standard InChI is InChI=1S/C15H10ClFN2O/c1-9-5-6-10-3-2-4-13(14(10)19-9)20-15-12(17)7-11(16)8-18-15/h2-8H,1H3. The molecule has 0 aliphatic carbocycles. The van der Waals surface area contributed by atoms with Crippen molar-refractivity contribution in [2.45, 2.75) is 6.92 Å². The first-order valence-corrected chi connectivity index (χ1v) is 6.36. The average Bonchev–Trinajstić information content (AvgIpc) is 2.42. The monoisotopic (exact) mass is 288 g/mol. The highest BCUT2D eigenvalue weighted by atomic mass is 35.5. The SMILES string of the molecule is Cc1ccc2cccc(Oc3ncc(Cl)cc3F)c2n1. The third kappa shape index (κ3) is 2.42. The third-order valence-electron chi connectivity index (χ3n) is 2.80. The van der Waals surface area contributed by atoms with Gasteiger partial charge in [0.1, 0.15) is 5.52 Å². The van der Waals surface area contributed by atoms with Crippen LogP contribution in [0.2, 0.25) is 5.02 Å². The van der Waals surface area contributed by atoms with E-state index in [0.717, 1.165) is 17.1 Å². The van der Waals surface area contributed by atoms with Gasteiger partial charge in [-0.3, -0.25) is 0 Å². The van der Waals surface area contributed by atoms with E-state index in [1.807, 2.05) is 31.2 Å². The van der Waals surface area contributed by atoms with E-state index in [1.165, 1.54) is 6.20 Å². The molecule has 1 aromatic carbocycles. The number of pyridine rings is 2. The van der Waals surface area contributed by atoms with E-state index in [0.29, 0.717) is 11.3 Å². The molecule has 0 aliphatic rings. The second-order valence-corrected chi connectivity index (χ2v) is 4.76. The molecule has 0 fully saturated rings. The first-order chi connectivity index (χ1) is 9.63. The molecule has 0 spiro atoms. The van der Waals surface area contributed by atoms with Crippen molar-refractivity contribution in [2.75, 3.05) is 0 Å². The van der Waals surface area contributed by atoms with Crippen molar-refractivity contribution in [3.63, 3.8) is 0 Å². The molecular formula is C15H10ClFN2O. The van der Waals surface area contributed by atoms with Gasteiger partial charge in [0.2, 0.25) is 0 Å². The van der Waals surface area contributed by atoms with Gasteiger partial charge in [0.15, 0.2) is 11.6 Å². The minimum atomic E-state index is -0.609.